The molecule has 0 bridgehead atoms. The molecule has 0 aliphatic rings. The van der Waals surface area contributed by atoms with Crippen molar-refractivity contribution in [3.63, 3.8) is 0 Å². The molecule has 0 saturated heterocycles. The third-order valence-corrected chi connectivity index (χ3v) is 4.29. The van der Waals surface area contributed by atoms with Gasteiger partial charge in [-0.15, -0.1) is 35.7 Å². The summed E-state index contributed by atoms with van der Waals surface area (Å²) in [6.07, 6.45) is 1.00. The summed E-state index contributed by atoms with van der Waals surface area (Å²) in [7, 11) is 3.48. The molecule has 24 heavy (non-hydrogen) atoms. The number of thioether (sulfide) groups is 1. The SMILES string of the molecule is CCC(C)NC(=NCC(=O)N(C)C)NCCSc1ccccc1.I. The number of nitrogens with zero attached hydrogens (tertiary/aromatic N) is 2. The fourth-order valence-corrected chi connectivity index (χ4v) is 2.42. The molecule has 0 spiro atoms. The number of likely N-dealkylation sites (N-methyl/N-ethyl adjacent to an activating group) is 1. The second-order valence-electron chi connectivity index (χ2n) is 5.49. The molecule has 0 radical (unpaired) electrons. The van der Waals surface area contributed by atoms with Gasteiger partial charge in [0.05, 0.1) is 0 Å². The van der Waals surface area contributed by atoms with Gasteiger partial charge < -0.3 is 15.5 Å². The van der Waals surface area contributed by atoms with E-state index >= 15 is 0 Å². The largest absolute Gasteiger partial charge is 0.356 e. The summed E-state index contributed by atoms with van der Waals surface area (Å²) in [6.45, 7) is 5.16. The minimum absolute atomic E-state index is 0. The molecule has 0 aromatic heterocycles. The van der Waals surface area contributed by atoms with Crippen molar-refractivity contribution in [3.05, 3.63) is 30.3 Å². The van der Waals surface area contributed by atoms with Gasteiger partial charge in [-0.25, -0.2) is 4.99 Å². The first kappa shape index (κ1) is 23.0. The third-order valence-electron chi connectivity index (χ3n) is 3.27. The van der Waals surface area contributed by atoms with Crippen LogP contribution in [0.1, 0.15) is 20.3 Å². The maximum absolute atomic E-state index is 11.7. The van der Waals surface area contributed by atoms with Crippen LogP contribution in [0.5, 0.6) is 0 Å². The molecule has 5 nitrogen and oxygen atoms in total. The van der Waals surface area contributed by atoms with Crippen molar-refractivity contribution < 1.29 is 4.79 Å². The number of rotatable bonds is 8. The quantitative estimate of drug-likeness (QED) is 0.204. The van der Waals surface area contributed by atoms with Crippen molar-refractivity contribution in [2.45, 2.75) is 31.2 Å². The van der Waals surface area contributed by atoms with Crippen LogP contribution in [0, 0.1) is 0 Å². The zero-order valence-electron chi connectivity index (χ0n) is 14.9. The standard InChI is InChI=1S/C17H28N4OS.HI/c1-5-14(2)20-17(19-13-16(22)21(3)4)18-11-12-23-15-9-7-6-8-10-15;/h6-10,14H,5,11-13H2,1-4H3,(H2,18,19,20);1H. The van der Waals surface area contributed by atoms with E-state index in [0.717, 1.165) is 18.7 Å². The van der Waals surface area contributed by atoms with Gasteiger partial charge in [0.25, 0.3) is 0 Å². The number of hydrogen-bond acceptors (Lipinski definition) is 3. The molecular formula is C17H29IN4OS. The summed E-state index contributed by atoms with van der Waals surface area (Å²) in [4.78, 5) is 18.9. The molecule has 1 rings (SSSR count). The topological polar surface area (TPSA) is 56.7 Å². The lowest BCUT2D eigenvalue weighted by Crippen LogP contribution is -2.43. The van der Waals surface area contributed by atoms with Gasteiger partial charge in [0, 0.05) is 37.3 Å². The van der Waals surface area contributed by atoms with E-state index in [-0.39, 0.29) is 36.4 Å². The number of carbonyl (C=O) groups excluding carboxylic acids is 1. The van der Waals surface area contributed by atoms with Crippen LogP contribution in [-0.2, 0) is 4.79 Å². The van der Waals surface area contributed by atoms with Gasteiger partial charge in [-0.2, -0.15) is 0 Å². The number of guanidine groups is 1. The first-order valence-electron chi connectivity index (χ1n) is 7.95. The van der Waals surface area contributed by atoms with Gasteiger partial charge in [-0.05, 0) is 25.5 Å². The number of carbonyl (C=O) groups is 1. The minimum Gasteiger partial charge on any atom is -0.356 e. The Balaban J connectivity index is 0.00000529. The van der Waals surface area contributed by atoms with Crippen molar-refractivity contribution in [1.82, 2.24) is 15.5 Å². The number of benzene rings is 1. The molecule has 136 valence electrons. The number of nitrogens with one attached hydrogen (secondary N) is 2. The lowest BCUT2D eigenvalue weighted by molar-refractivity contribution is -0.127. The second kappa shape index (κ2) is 13.3. The average molecular weight is 464 g/mol. The second-order valence-corrected chi connectivity index (χ2v) is 6.66. The molecule has 0 fully saturated rings. The van der Waals surface area contributed by atoms with E-state index in [4.69, 9.17) is 0 Å². The molecule has 0 aliphatic carbocycles. The van der Waals surface area contributed by atoms with Crippen LogP contribution in [0.4, 0.5) is 0 Å². The van der Waals surface area contributed by atoms with Gasteiger partial charge in [0.1, 0.15) is 6.54 Å². The zero-order chi connectivity index (χ0) is 17.1. The number of aliphatic imine (C=N–C) groups is 1. The van der Waals surface area contributed by atoms with Gasteiger partial charge in [0.15, 0.2) is 5.96 Å². The smallest absolute Gasteiger partial charge is 0.243 e. The van der Waals surface area contributed by atoms with E-state index < -0.39 is 0 Å². The average Bonchev–Trinajstić information content (AvgIpc) is 2.56. The zero-order valence-corrected chi connectivity index (χ0v) is 18.1. The molecule has 0 saturated carbocycles. The highest BCUT2D eigenvalue weighted by Gasteiger charge is 2.06. The Morgan fingerprint density at radius 1 is 1.29 bits per heavy atom. The van der Waals surface area contributed by atoms with Gasteiger partial charge in [0.2, 0.25) is 5.91 Å². The van der Waals surface area contributed by atoms with Crippen molar-refractivity contribution in [2.75, 3.05) is 32.9 Å². The number of amides is 1. The molecule has 1 amide bonds. The summed E-state index contributed by atoms with van der Waals surface area (Å²) < 4.78 is 0. The molecular weight excluding hydrogens is 435 g/mol. The van der Waals surface area contributed by atoms with Crippen LogP contribution in [0.25, 0.3) is 0 Å². The summed E-state index contributed by atoms with van der Waals surface area (Å²) >= 11 is 1.80. The fourth-order valence-electron chi connectivity index (χ4n) is 1.63. The van der Waals surface area contributed by atoms with Crippen LogP contribution < -0.4 is 10.6 Å². The van der Waals surface area contributed by atoms with Crippen molar-refractivity contribution >= 4 is 47.6 Å². The Morgan fingerprint density at radius 3 is 2.54 bits per heavy atom. The molecule has 7 heteroatoms. The lowest BCUT2D eigenvalue weighted by atomic mass is 10.3. The number of halogens is 1. The van der Waals surface area contributed by atoms with Gasteiger partial charge in [-0.1, -0.05) is 25.1 Å². The van der Waals surface area contributed by atoms with Gasteiger partial charge >= 0.3 is 0 Å². The maximum atomic E-state index is 11.7. The Hall–Kier alpha value is -0.960. The van der Waals surface area contributed by atoms with Crippen LogP contribution in [0.15, 0.2) is 40.2 Å². The maximum Gasteiger partial charge on any atom is 0.243 e. The molecule has 2 N–H and O–H groups in total. The van der Waals surface area contributed by atoms with E-state index in [1.165, 1.54) is 4.90 Å². The fraction of sp³-hybridized carbons (Fsp3) is 0.529. The summed E-state index contributed by atoms with van der Waals surface area (Å²) in [5.74, 6) is 1.63. The molecule has 1 unspecified atom stereocenters. The highest BCUT2D eigenvalue weighted by atomic mass is 127. The van der Waals surface area contributed by atoms with E-state index in [1.807, 2.05) is 18.2 Å². The van der Waals surface area contributed by atoms with E-state index in [1.54, 1.807) is 30.8 Å². The monoisotopic (exact) mass is 464 g/mol. The minimum atomic E-state index is -0.00564. The third kappa shape index (κ3) is 10.0. The number of hydrogen-bond donors (Lipinski definition) is 2. The normalized spacial score (nSPS) is 12.1. The Labute approximate surface area is 167 Å². The molecule has 1 aromatic rings. The van der Waals surface area contributed by atoms with E-state index in [2.05, 4.69) is 41.6 Å². The Bertz CT molecular complexity index is 497. The van der Waals surface area contributed by atoms with Gasteiger partial charge in [-0.3, -0.25) is 4.79 Å². The summed E-state index contributed by atoms with van der Waals surface area (Å²) in [5, 5.41) is 6.62. The van der Waals surface area contributed by atoms with Crippen LogP contribution in [0.2, 0.25) is 0 Å². The highest BCUT2D eigenvalue weighted by Crippen LogP contribution is 2.15. The Kier molecular flexibility index (Phi) is 12.8. The summed E-state index contributed by atoms with van der Waals surface area (Å²) in [5.41, 5.74) is 0. The van der Waals surface area contributed by atoms with Crippen LogP contribution >= 0.6 is 35.7 Å². The highest BCUT2D eigenvalue weighted by molar-refractivity contribution is 14.0. The van der Waals surface area contributed by atoms with Crippen molar-refractivity contribution in [1.29, 1.82) is 0 Å². The van der Waals surface area contributed by atoms with E-state index in [9.17, 15) is 4.79 Å². The molecule has 1 aromatic carbocycles. The van der Waals surface area contributed by atoms with Crippen LogP contribution in [0.3, 0.4) is 0 Å². The molecule has 1 atom stereocenters. The predicted molar refractivity (Wildman–Crippen MR) is 114 cm³/mol. The van der Waals surface area contributed by atoms with Crippen LogP contribution in [-0.4, -0.2) is 55.7 Å². The van der Waals surface area contributed by atoms with Crippen molar-refractivity contribution in [2.24, 2.45) is 4.99 Å². The first-order valence-corrected chi connectivity index (χ1v) is 8.94. The van der Waals surface area contributed by atoms with Crippen molar-refractivity contribution in [3.8, 4) is 0 Å². The molecule has 0 heterocycles. The van der Waals surface area contributed by atoms with E-state index in [0.29, 0.717) is 12.0 Å². The summed E-state index contributed by atoms with van der Waals surface area (Å²) in [6, 6.07) is 10.6. The Morgan fingerprint density at radius 2 is 1.96 bits per heavy atom. The predicted octanol–water partition coefficient (Wildman–Crippen LogP) is 2.82. The first-order chi connectivity index (χ1) is 11.0. The molecule has 0 aliphatic heterocycles. The lowest BCUT2D eigenvalue weighted by Gasteiger charge is -2.17.